The quantitative estimate of drug-likeness (QED) is 0.117. The number of halogens is 1. The van der Waals surface area contributed by atoms with Crippen LogP contribution < -0.4 is 10.5 Å². The number of nitrogens with two attached hydrogens (primary N) is 1. The van der Waals surface area contributed by atoms with Gasteiger partial charge in [-0.1, -0.05) is 6.08 Å². The van der Waals surface area contributed by atoms with Crippen molar-refractivity contribution in [2.45, 2.75) is 32.4 Å². The van der Waals surface area contributed by atoms with Crippen LogP contribution in [0.3, 0.4) is 0 Å². The van der Waals surface area contributed by atoms with Crippen LogP contribution >= 0.6 is 0 Å². The van der Waals surface area contributed by atoms with Gasteiger partial charge in [0, 0.05) is 24.9 Å². The monoisotopic (exact) mass is 505 g/mol. The Morgan fingerprint density at radius 3 is 2.22 bits per heavy atom. The lowest BCUT2D eigenvalue weighted by Crippen LogP contribution is -2.35. The van der Waals surface area contributed by atoms with Gasteiger partial charge in [0.1, 0.15) is 23.9 Å². The van der Waals surface area contributed by atoms with Gasteiger partial charge in [0.15, 0.2) is 0 Å². The number of carboxylic acid groups (broad SMARTS) is 2. The second-order valence-corrected chi connectivity index (χ2v) is 7.83. The molecule has 0 radical (unpaired) electrons. The summed E-state index contributed by atoms with van der Waals surface area (Å²) in [6.45, 7) is 5.21. The van der Waals surface area contributed by atoms with Gasteiger partial charge in [-0.25, -0.2) is 14.0 Å². The minimum atomic E-state index is -2.08. The second kappa shape index (κ2) is 13.4. The maximum absolute atomic E-state index is 12.2. The van der Waals surface area contributed by atoms with Crippen molar-refractivity contribution in [1.82, 2.24) is 4.90 Å². The standard InChI is InChI=1S/C20H21N3O6.C4H7FO2/c1-2-11-23(12-18(25)26)17(24)10-8-14-7-9-16(28-14)20(27)29-15-5-3-13(4-6-15)19(21)22;1-4(2,5)3(6)7/h2-7,9H,1,8,10-12H2,(H3,21,22)(H,25,26);1-2H3,(H,6,7). The molecule has 0 unspecified atom stereocenters. The number of amidine groups is 1. The van der Waals surface area contributed by atoms with E-state index in [0.29, 0.717) is 11.3 Å². The molecule has 0 saturated heterocycles. The molecule has 0 aliphatic rings. The molecule has 0 fully saturated rings. The number of benzene rings is 1. The maximum atomic E-state index is 12.2. The van der Waals surface area contributed by atoms with E-state index in [1.54, 1.807) is 18.2 Å². The van der Waals surface area contributed by atoms with Gasteiger partial charge in [0.05, 0.1) is 0 Å². The Bertz CT molecular complexity index is 1100. The van der Waals surface area contributed by atoms with Crippen LogP contribution in [0.4, 0.5) is 4.39 Å². The van der Waals surface area contributed by atoms with Crippen molar-refractivity contribution < 1.29 is 42.9 Å². The van der Waals surface area contributed by atoms with Crippen molar-refractivity contribution in [3.05, 3.63) is 66.1 Å². The number of carbonyl (C=O) groups is 4. The second-order valence-electron chi connectivity index (χ2n) is 7.83. The summed E-state index contributed by atoms with van der Waals surface area (Å²) < 4.78 is 22.5. The van der Waals surface area contributed by atoms with Crippen molar-refractivity contribution in [3.8, 4) is 5.75 Å². The highest BCUT2D eigenvalue weighted by Crippen LogP contribution is 2.17. The number of nitrogen functional groups attached to an aromatic ring is 1. The Morgan fingerprint density at radius 2 is 1.75 bits per heavy atom. The van der Waals surface area contributed by atoms with E-state index in [1.807, 2.05) is 0 Å². The summed E-state index contributed by atoms with van der Waals surface area (Å²) in [6.07, 6.45) is 1.67. The number of hydrogen-bond donors (Lipinski definition) is 4. The molecule has 12 heteroatoms. The highest BCUT2D eigenvalue weighted by Gasteiger charge is 2.25. The van der Waals surface area contributed by atoms with Crippen LogP contribution in [0.1, 0.15) is 42.1 Å². The molecule has 0 atom stereocenters. The predicted molar refractivity (Wildman–Crippen MR) is 127 cm³/mol. The van der Waals surface area contributed by atoms with E-state index in [2.05, 4.69) is 6.58 Å². The molecule has 5 N–H and O–H groups in total. The van der Waals surface area contributed by atoms with Crippen LogP contribution in [0, 0.1) is 5.41 Å². The normalized spacial score (nSPS) is 10.4. The third-order valence-electron chi connectivity index (χ3n) is 4.36. The summed E-state index contributed by atoms with van der Waals surface area (Å²) in [4.78, 5) is 46.0. The van der Waals surface area contributed by atoms with E-state index in [0.717, 1.165) is 18.7 Å². The zero-order valence-corrected chi connectivity index (χ0v) is 19.8. The van der Waals surface area contributed by atoms with Gasteiger partial charge in [0.25, 0.3) is 0 Å². The van der Waals surface area contributed by atoms with E-state index >= 15 is 0 Å². The summed E-state index contributed by atoms with van der Waals surface area (Å²) in [6, 6.07) is 9.11. The van der Waals surface area contributed by atoms with Gasteiger partial charge in [-0.05, 0) is 50.2 Å². The fourth-order valence-electron chi connectivity index (χ4n) is 2.44. The molecule has 11 nitrogen and oxygen atoms in total. The Balaban J connectivity index is 0.000000809. The number of hydrogen-bond acceptors (Lipinski definition) is 7. The van der Waals surface area contributed by atoms with E-state index < -0.39 is 30.1 Å². The third-order valence-corrected chi connectivity index (χ3v) is 4.36. The number of amides is 1. The summed E-state index contributed by atoms with van der Waals surface area (Å²) >= 11 is 0. The minimum Gasteiger partial charge on any atom is -0.480 e. The lowest BCUT2D eigenvalue weighted by molar-refractivity contribution is -0.148. The van der Waals surface area contributed by atoms with Gasteiger partial charge < -0.3 is 30.0 Å². The van der Waals surface area contributed by atoms with Gasteiger partial charge in [-0.15, -0.1) is 6.58 Å². The molecular weight excluding hydrogens is 477 g/mol. The molecule has 1 aromatic heterocycles. The summed E-state index contributed by atoms with van der Waals surface area (Å²) in [5, 5.41) is 24.1. The Hall–Kier alpha value is -4.48. The van der Waals surface area contributed by atoms with Crippen molar-refractivity contribution in [1.29, 1.82) is 5.41 Å². The zero-order valence-electron chi connectivity index (χ0n) is 19.8. The van der Waals surface area contributed by atoms with Crippen LogP contribution in [-0.2, 0) is 20.8 Å². The first-order chi connectivity index (χ1) is 16.7. The predicted octanol–water partition coefficient (Wildman–Crippen LogP) is 2.63. The first kappa shape index (κ1) is 29.6. The summed E-state index contributed by atoms with van der Waals surface area (Å²) in [5.74, 6) is -3.07. The van der Waals surface area contributed by atoms with Gasteiger partial charge in [-0.2, -0.15) is 0 Å². The Labute approximate surface area is 206 Å². The van der Waals surface area contributed by atoms with E-state index in [-0.39, 0.29) is 42.6 Å². The van der Waals surface area contributed by atoms with Crippen molar-refractivity contribution in [2.24, 2.45) is 5.73 Å². The lowest BCUT2D eigenvalue weighted by atomic mass is 10.2. The van der Waals surface area contributed by atoms with Crippen LogP contribution in [0.25, 0.3) is 0 Å². The number of carbonyl (C=O) groups excluding carboxylic acids is 2. The van der Waals surface area contributed by atoms with E-state index in [4.69, 9.17) is 30.5 Å². The molecule has 1 aromatic carbocycles. The van der Waals surface area contributed by atoms with Crippen molar-refractivity contribution in [3.63, 3.8) is 0 Å². The maximum Gasteiger partial charge on any atom is 0.379 e. The minimum absolute atomic E-state index is 0.0234. The molecule has 2 rings (SSSR count). The molecule has 194 valence electrons. The van der Waals surface area contributed by atoms with Crippen LogP contribution in [0.5, 0.6) is 5.75 Å². The number of aryl methyl sites for hydroxylation is 1. The molecule has 0 aliphatic heterocycles. The highest BCUT2D eigenvalue weighted by atomic mass is 19.1. The molecule has 1 amide bonds. The smallest absolute Gasteiger partial charge is 0.379 e. The van der Waals surface area contributed by atoms with Crippen LogP contribution in [-0.4, -0.2) is 63.5 Å². The molecular formula is C24H28FN3O8. The number of rotatable bonds is 11. The zero-order chi connectivity index (χ0) is 27.5. The van der Waals surface area contributed by atoms with E-state index in [9.17, 15) is 23.6 Å². The molecule has 1 heterocycles. The lowest BCUT2D eigenvalue weighted by Gasteiger charge is -2.18. The van der Waals surface area contributed by atoms with Gasteiger partial charge >= 0.3 is 17.9 Å². The number of furan rings is 1. The van der Waals surface area contributed by atoms with Crippen molar-refractivity contribution >= 4 is 29.7 Å². The number of carboxylic acids is 2. The van der Waals surface area contributed by atoms with Gasteiger partial charge in [0.2, 0.25) is 17.3 Å². The highest BCUT2D eigenvalue weighted by molar-refractivity contribution is 5.95. The first-order valence-corrected chi connectivity index (χ1v) is 10.5. The fraction of sp³-hybridized carbons (Fsp3) is 0.292. The molecule has 0 bridgehead atoms. The number of ether oxygens (including phenoxy) is 1. The number of nitrogens with one attached hydrogen (secondary N) is 1. The SMILES string of the molecule is C=CCN(CC(=O)O)C(=O)CCc1ccc(C(=O)Oc2ccc(C(=N)N)cc2)o1.CC(C)(F)C(=O)O. The fourth-order valence-corrected chi connectivity index (χ4v) is 2.44. The molecule has 0 spiro atoms. The average Bonchev–Trinajstić information content (AvgIpc) is 3.26. The average molecular weight is 505 g/mol. The Kier molecular flexibility index (Phi) is 11.0. The Morgan fingerprint density at radius 1 is 1.17 bits per heavy atom. The van der Waals surface area contributed by atoms with Gasteiger partial charge in [-0.3, -0.25) is 15.0 Å². The van der Waals surface area contributed by atoms with Crippen LogP contribution in [0.15, 0.2) is 53.5 Å². The number of nitrogens with zero attached hydrogens (tertiary/aromatic N) is 1. The molecule has 0 aliphatic carbocycles. The van der Waals surface area contributed by atoms with Crippen molar-refractivity contribution in [2.75, 3.05) is 13.1 Å². The third kappa shape index (κ3) is 10.2. The summed E-state index contributed by atoms with van der Waals surface area (Å²) in [7, 11) is 0. The summed E-state index contributed by atoms with van der Waals surface area (Å²) in [5.41, 5.74) is 3.79. The van der Waals surface area contributed by atoms with E-state index in [1.165, 1.54) is 24.3 Å². The molecule has 36 heavy (non-hydrogen) atoms. The molecule has 2 aromatic rings. The largest absolute Gasteiger partial charge is 0.480 e. The van der Waals surface area contributed by atoms with Crippen LogP contribution in [0.2, 0.25) is 0 Å². The molecule has 0 saturated carbocycles. The first-order valence-electron chi connectivity index (χ1n) is 10.5. The number of esters is 1. The number of alkyl halides is 1. The topological polar surface area (TPSA) is 184 Å². The number of aliphatic carboxylic acids is 2.